The molecule has 1 N–H and O–H groups in total. The minimum absolute atomic E-state index is 0.0353. The van der Waals surface area contributed by atoms with Crippen molar-refractivity contribution in [3.8, 4) is 0 Å². The zero-order valence-electron chi connectivity index (χ0n) is 12.1. The Morgan fingerprint density at radius 2 is 1.84 bits per heavy atom. The molecule has 0 aromatic carbocycles. The lowest BCUT2D eigenvalue weighted by Gasteiger charge is -2.34. The molecule has 0 radical (unpaired) electrons. The summed E-state index contributed by atoms with van der Waals surface area (Å²) < 4.78 is 5.11. The summed E-state index contributed by atoms with van der Waals surface area (Å²) in [6.07, 6.45) is 0. The fourth-order valence-electron chi connectivity index (χ4n) is 2.01. The monoisotopic (exact) mass is 271 g/mol. The number of piperazine rings is 1. The number of nitrogens with one attached hydrogen (secondary N) is 1. The first-order valence-electron chi connectivity index (χ1n) is 6.90. The van der Waals surface area contributed by atoms with Gasteiger partial charge in [-0.05, 0) is 20.8 Å². The first-order chi connectivity index (χ1) is 9.02. The van der Waals surface area contributed by atoms with Gasteiger partial charge in [0.05, 0.1) is 6.54 Å². The standard InChI is InChI=1S/C13H25N3O3/c1-4-19-10-13(18)16-7-5-15(6-8-16)9-12(17)14-11(2)3/h11H,4-10H2,1-3H3,(H,14,17). The van der Waals surface area contributed by atoms with E-state index >= 15 is 0 Å². The highest BCUT2D eigenvalue weighted by atomic mass is 16.5. The highest BCUT2D eigenvalue weighted by molar-refractivity contribution is 5.79. The lowest BCUT2D eigenvalue weighted by Crippen LogP contribution is -2.52. The van der Waals surface area contributed by atoms with E-state index in [0.717, 1.165) is 13.1 Å². The molecule has 6 heteroatoms. The Morgan fingerprint density at radius 3 is 2.37 bits per heavy atom. The highest BCUT2D eigenvalue weighted by Gasteiger charge is 2.22. The molecular weight excluding hydrogens is 246 g/mol. The second-order valence-electron chi connectivity index (χ2n) is 5.02. The van der Waals surface area contributed by atoms with Gasteiger partial charge in [-0.3, -0.25) is 14.5 Å². The van der Waals surface area contributed by atoms with Crippen LogP contribution in [0.1, 0.15) is 20.8 Å². The largest absolute Gasteiger partial charge is 0.372 e. The van der Waals surface area contributed by atoms with Crippen molar-refractivity contribution in [2.24, 2.45) is 0 Å². The topological polar surface area (TPSA) is 61.9 Å². The number of carbonyl (C=O) groups is 2. The van der Waals surface area contributed by atoms with Gasteiger partial charge in [0.15, 0.2) is 0 Å². The van der Waals surface area contributed by atoms with Gasteiger partial charge in [-0.1, -0.05) is 0 Å². The smallest absolute Gasteiger partial charge is 0.248 e. The van der Waals surface area contributed by atoms with E-state index in [0.29, 0.717) is 26.2 Å². The van der Waals surface area contributed by atoms with Crippen molar-refractivity contribution >= 4 is 11.8 Å². The Morgan fingerprint density at radius 1 is 1.21 bits per heavy atom. The summed E-state index contributed by atoms with van der Waals surface area (Å²) >= 11 is 0. The molecule has 0 aliphatic carbocycles. The fraction of sp³-hybridized carbons (Fsp3) is 0.846. The number of nitrogens with zero attached hydrogens (tertiary/aromatic N) is 2. The van der Waals surface area contributed by atoms with Crippen LogP contribution in [0.2, 0.25) is 0 Å². The van der Waals surface area contributed by atoms with Crippen LogP contribution in [0, 0.1) is 0 Å². The third-order valence-electron chi connectivity index (χ3n) is 2.97. The molecule has 1 aliphatic rings. The maximum absolute atomic E-state index is 11.7. The SMILES string of the molecule is CCOCC(=O)N1CCN(CC(=O)NC(C)C)CC1. The third-order valence-corrected chi connectivity index (χ3v) is 2.97. The summed E-state index contributed by atoms with van der Waals surface area (Å²) in [5.74, 6) is 0.0808. The van der Waals surface area contributed by atoms with Crippen molar-refractivity contribution in [1.29, 1.82) is 0 Å². The Bertz CT molecular complexity index is 300. The van der Waals surface area contributed by atoms with Gasteiger partial charge in [0.1, 0.15) is 6.61 Å². The number of hydrogen-bond acceptors (Lipinski definition) is 4. The molecule has 19 heavy (non-hydrogen) atoms. The van der Waals surface area contributed by atoms with Gasteiger partial charge in [0, 0.05) is 38.8 Å². The molecule has 110 valence electrons. The summed E-state index contributed by atoms with van der Waals surface area (Å²) in [5, 5.41) is 2.87. The van der Waals surface area contributed by atoms with Gasteiger partial charge in [-0.2, -0.15) is 0 Å². The van der Waals surface area contributed by atoms with Crippen molar-refractivity contribution in [2.75, 3.05) is 45.9 Å². The summed E-state index contributed by atoms with van der Waals surface area (Å²) in [6, 6.07) is 0.168. The first-order valence-corrected chi connectivity index (χ1v) is 6.90. The molecule has 1 rings (SSSR count). The van der Waals surface area contributed by atoms with E-state index in [1.54, 1.807) is 4.90 Å². The molecule has 1 saturated heterocycles. The van der Waals surface area contributed by atoms with Crippen LogP contribution in [-0.2, 0) is 14.3 Å². The molecule has 0 bridgehead atoms. The van der Waals surface area contributed by atoms with E-state index in [-0.39, 0.29) is 24.5 Å². The number of rotatable bonds is 6. The quantitative estimate of drug-likeness (QED) is 0.720. The van der Waals surface area contributed by atoms with Gasteiger partial charge >= 0.3 is 0 Å². The van der Waals surface area contributed by atoms with Crippen LogP contribution in [0.5, 0.6) is 0 Å². The van der Waals surface area contributed by atoms with Crippen LogP contribution in [-0.4, -0.2) is 73.6 Å². The van der Waals surface area contributed by atoms with Crippen LogP contribution in [0.15, 0.2) is 0 Å². The Labute approximate surface area is 115 Å². The third kappa shape index (κ3) is 6.02. The lowest BCUT2D eigenvalue weighted by molar-refractivity contribution is -0.137. The van der Waals surface area contributed by atoms with Gasteiger partial charge in [0.25, 0.3) is 0 Å². The predicted octanol–water partition coefficient (Wildman–Crippen LogP) is -0.308. The van der Waals surface area contributed by atoms with Gasteiger partial charge in [-0.15, -0.1) is 0 Å². The van der Waals surface area contributed by atoms with Crippen molar-refractivity contribution in [3.63, 3.8) is 0 Å². The summed E-state index contributed by atoms with van der Waals surface area (Å²) in [5.41, 5.74) is 0. The minimum Gasteiger partial charge on any atom is -0.372 e. The fourth-order valence-corrected chi connectivity index (χ4v) is 2.01. The van der Waals surface area contributed by atoms with Crippen LogP contribution in [0.25, 0.3) is 0 Å². The average Bonchev–Trinajstić information content (AvgIpc) is 2.35. The van der Waals surface area contributed by atoms with Crippen molar-refractivity contribution in [2.45, 2.75) is 26.8 Å². The normalized spacial score (nSPS) is 16.7. The maximum atomic E-state index is 11.7. The van der Waals surface area contributed by atoms with E-state index in [9.17, 15) is 9.59 Å². The van der Waals surface area contributed by atoms with Gasteiger partial charge < -0.3 is 15.0 Å². The van der Waals surface area contributed by atoms with E-state index in [1.165, 1.54) is 0 Å². The van der Waals surface area contributed by atoms with E-state index in [1.807, 2.05) is 20.8 Å². The molecule has 0 atom stereocenters. The zero-order chi connectivity index (χ0) is 14.3. The Hall–Kier alpha value is -1.14. The molecule has 6 nitrogen and oxygen atoms in total. The van der Waals surface area contributed by atoms with Gasteiger partial charge in [0.2, 0.25) is 11.8 Å². The molecule has 1 heterocycles. The summed E-state index contributed by atoms with van der Waals surface area (Å²) in [4.78, 5) is 27.2. The summed E-state index contributed by atoms with van der Waals surface area (Å²) in [6.45, 7) is 9.70. The molecule has 0 aromatic rings. The predicted molar refractivity (Wildman–Crippen MR) is 72.8 cm³/mol. The number of ether oxygens (including phenoxy) is 1. The number of hydrogen-bond donors (Lipinski definition) is 1. The average molecular weight is 271 g/mol. The van der Waals surface area contributed by atoms with Crippen molar-refractivity contribution in [3.05, 3.63) is 0 Å². The highest BCUT2D eigenvalue weighted by Crippen LogP contribution is 2.02. The molecule has 2 amide bonds. The minimum atomic E-state index is 0.0353. The van der Waals surface area contributed by atoms with Crippen LogP contribution >= 0.6 is 0 Å². The van der Waals surface area contributed by atoms with Crippen LogP contribution in [0.3, 0.4) is 0 Å². The van der Waals surface area contributed by atoms with Crippen LogP contribution in [0.4, 0.5) is 0 Å². The van der Waals surface area contributed by atoms with Crippen molar-refractivity contribution < 1.29 is 14.3 Å². The molecular formula is C13H25N3O3. The van der Waals surface area contributed by atoms with Crippen LogP contribution < -0.4 is 5.32 Å². The molecule has 1 aliphatic heterocycles. The second kappa shape index (κ2) is 8.12. The first kappa shape index (κ1) is 15.9. The molecule has 0 aromatic heterocycles. The lowest BCUT2D eigenvalue weighted by atomic mass is 10.3. The van der Waals surface area contributed by atoms with E-state index in [4.69, 9.17) is 4.74 Å². The van der Waals surface area contributed by atoms with E-state index in [2.05, 4.69) is 10.2 Å². The maximum Gasteiger partial charge on any atom is 0.248 e. The van der Waals surface area contributed by atoms with E-state index < -0.39 is 0 Å². The zero-order valence-corrected chi connectivity index (χ0v) is 12.1. The Kier molecular flexibility index (Phi) is 6.80. The molecule has 0 unspecified atom stereocenters. The molecule has 1 fully saturated rings. The van der Waals surface area contributed by atoms with Gasteiger partial charge in [-0.25, -0.2) is 0 Å². The second-order valence-corrected chi connectivity index (χ2v) is 5.02. The Balaban J connectivity index is 2.25. The van der Waals surface area contributed by atoms with Crippen molar-refractivity contribution in [1.82, 2.24) is 15.1 Å². The molecule has 0 spiro atoms. The molecule has 0 saturated carbocycles. The number of carbonyl (C=O) groups excluding carboxylic acids is 2. The summed E-state index contributed by atoms with van der Waals surface area (Å²) in [7, 11) is 0. The number of amides is 2.